The fourth-order valence-electron chi connectivity index (χ4n) is 2.80. The number of pyridine rings is 1. The Hall–Kier alpha value is -0.945. The lowest BCUT2D eigenvalue weighted by Gasteiger charge is -2.32. The average molecular weight is 318 g/mol. The van der Waals surface area contributed by atoms with Crippen LogP contribution in [0.25, 0.3) is 0 Å². The highest BCUT2D eigenvalue weighted by Gasteiger charge is 2.51. The molecule has 2 fully saturated rings. The molecule has 6 heteroatoms. The van der Waals surface area contributed by atoms with Crippen molar-refractivity contribution >= 4 is 12.6 Å². The van der Waals surface area contributed by atoms with E-state index >= 15 is 0 Å². The number of aromatic nitrogens is 1. The quantitative estimate of drug-likeness (QED) is 0.782. The lowest BCUT2D eigenvalue weighted by Crippen LogP contribution is -2.41. The fourth-order valence-corrected chi connectivity index (χ4v) is 2.80. The zero-order valence-corrected chi connectivity index (χ0v) is 14.7. The third-order valence-electron chi connectivity index (χ3n) is 5.16. The van der Waals surface area contributed by atoms with Crippen LogP contribution in [0, 0.1) is 0 Å². The molecular weight excluding hydrogens is 291 g/mol. The van der Waals surface area contributed by atoms with Gasteiger partial charge in [-0.25, -0.2) is 0 Å². The van der Waals surface area contributed by atoms with Crippen molar-refractivity contribution in [3.05, 3.63) is 24.0 Å². The molecule has 1 aromatic rings. The Kier molecular flexibility index (Phi) is 4.79. The lowest BCUT2D eigenvalue weighted by molar-refractivity contribution is 0.00578. The van der Waals surface area contributed by atoms with Gasteiger partial charge in [0.15, 0.2) is 0 Å². The van der Waals surface area contributed by atoms with Crippen LogP contribution < -0.4 is 5.46 Å². The normalized spacial score (nSPS) is 24.1. The maximum Gasteiger partial charge on any atom is 0.496 e. The Balaban J connectivity index is 1.57. The topological polar surface area (TPSA) is 43.8 Å². The molecule has 0 aliphatic carbocycles. The highest BCUT2D eigenvalue weighted by Crippen LogP contribution is 2.36. The molecule has 3 rings (SSSR count). The van der Waals surface area contributed by atoms with Crippen LogP contribution in [-0.4, -0.2) is 61.1 Å². The van der Waals surface area contributed by atoms with Crippen molar-refractivity contribution in [2.45, 2.75) is 45.3 Å². The van der Waals surface area contributed by atoms with E-state index in [1.807, 2.05) is 6.20 Å². The van der Waals surface area contributed by atoms with Gasteiger partial charge in [-0.2, -0.15) is 0 Å². The Morgan fingerprint density at radius 3 is 2.30 bits per heavy atom. The molecule has 0 aromatic carbocycles. The maximum absolute atomic E-state index is 6.06. The Bertz CT molecular complexity index is 511. The Labute approximate surface area is 139 Å². The highest BCUT2D eigenvalue weighted by atomic mass is 16.7. The van der Waals surface area contributed by atoms with Crippen molar-refractivity contribution < 1.29 is 14.0 Å². The highest BCUT2D eigenvalue weighted by molar-refractivity contribution is 6.62. The summed E-state index contributed by atoms with van der Waals surface area (Å²) in [7, 11) is -0.333. The average Bonchev–Trinajstić information content (AvgIpc) is 2.75. The van der Waals surface area contributed by atoms with Crippen LogP contribution in [0.5, 0.6) is 0 Å². The van der Waals surface area contributed by atoms with Crippen molar-refractivity contribution in [1.82, 2.24) is 9.88 Å². The van der Waals surface area contributed by atoms with Crippen molar-refractivity contribution in [3.8, 4) is 0 Å². The summed E-state index contributed by atoms with van der Waals surface area (Å²) in [5.74, 6) is 0. The standard InChI is InChI=1S/C17H27BN2O3/c1-16(2)17(3,4)23-18(22-16)14-5-6-15(19-13-14)7-8-20-9-11-21-12-10-20/h5-6,13H,7-12H2,1-4H3. The second-order valence-corrected chi connectivity index (χ2v) is 7.38. The summed E-state index contributed by atoms with van der Waals surface area (Å²) < 4.78 is 17.5. The minimum atomic E-state index is -0.333. The van der Waals surface area contributed by atoms with Crippen LogP contribution >= 0.6 is 0 Å². The minimum absolute atomic E-state index is 0.313. The summed E-state index contributed by atoms with van der Waals surface area (Å²) in [6.45, 7) is 13.0. The summed E-state index contributed by atoms with van der Waals surface area (Å²) >= 11 is 0. The molecule has 0 atom stereocenters. The zero-order valence-electron chi connectivity index (χ0n) is 14.7. The van der Waals surface area contributed by atoms with E-state index in [1.54, 1.807) is 0 Å². The largest absolute Gasteiger partial charge is 0.496 e. The predicted molar refractivity (Wildman–Crippen MR) is 90.9 cm³/mol. The molecule has 0 unspecified atom stereocenters. The van der Waals surface area contributed by atoms with Crippen molar-refractivity contribution in [2.75, 3.05) is 32.8 Å². The van der Waals surface area contributed by atoms with Gasteiger partial charge in [-0.05, 0) is 33.8 Å². The first-order valence-electron chi connectivity index (χ1n) is 8.48. The van der Waals surface area contributed by atoms with Gasteiger partial charge in [0, 0.05) is 43.4 Å². The molecule has 5 nitrogen and oxygen atoms in total. The van der Waals surface area contributed by atoms with Crippen molar-refractivity contribution in [3.63, 3.8) is 0 Å². The molecule has 2 aliphatic rings. The molecule has 3 heterocycles. The Morgan fingerprint density at radius 2 is 1.74 bits per heavy atom. The molecule has 0 bridgehead atoms. The third kappa shape index (κ3) is 3.77. The van der Waals surface area contributed by atoms with Gasteiger partial charge >= 0.3 is 7.12 Å². The van der Waals surface area contributed by atoms with Crippen LogP contribution in [0.3, 0.4) is 0 Å². The minimum Gasteiger partial charge on any atom is -0.399 e. The second kappa shape index (κ2) is 6.51. The molecular formula is C17H27BN2O3. The van der Waals surface area contributed by atoms with Gasteiger partial charge < -0.3 is 14.0 Å². The van der Waals surface area contributed by atoms with E-state index in [4.69, 9.17) is 14.0 Å². The van der Waals surface area contributed by atoms with Gasteiger partial charge in [-0.3, -0.25) is 9.88 Å². The van der Waals surface area contributed by atoms with Crippen LogP contribution in [-0.2, 0) is 20.5 Å². The number of morpholine rings is 1. The molecule has 0 radical (unpaired) electrons. The SMILES string of the molecule is CC1(C)OB(c2ccc(CCN3CCOCC3)nc2)OC1(C)C. The Morgan fingerprint density at radius 1 is 1.09 bits per heavy atom. The zero-order chi connectivity index (χ0) is 16.5. The van der Waals surface area contributed by atoms with E-state index in [1.165, 1.54) is 0 Å². The molecule has 1 aromatic heterocycles. The van der Waals surface area contributed by atoms with Crippen LogP contribution in [0.1, 0.15) is 33.4 Å². The lowest BCUT2D eigenvalue weighted by atomic mass is 9.80. The molecule has 0 amide bonds. The second-order valence-electron chi connectivity index (χ2n) is 7.38. The number of rotatable bonds is 4. The summed E-state index contributed by atoms with van der Waals surface area (Å²) in [6, 6.07) is 4.16. The van der Waals surface area contributed by atoms with Gasteiger partial charge in [-0.1, -0.05) is 6.07 Å². The van der Waals surface area contributed by atoms with Crippen LogP contribution in [0.15, 0.2) is 18.3 Å². The van der Waals surface area contributed by atoms with Gasteiger partial charge in [0.05, 0.1) is 24.4 Å². The van der Waals surface area contributed by atoms with E-state index in [-0.39, 0.29) is 18.3 Å². The van der Waals surface area contributed by atoms with E-state index in [0.29, 0.717) is 0 Å². The van der Waals surface area contributed by atoms with Gasteiger partial charge in [0.1, 0.15) is 0 Å². The number of hydrogen-bond donors (Lipinski definition) is 0. The fraction of sp³-hybridized carbons (Fsp3) is 0.706. The van der Waals surface area contributed by atoms with E-state index in [2.05, 4.69) is 49.7 Å². The molecule has 2 aliphatic heterocycles. The van der Waals surface area contributed by atoms with Crippen molar-refractivity contribution in [2.24, 2.45) is 0 Å². The summed E-state index contributed by atoms with van der Waals surface area (Å²) in [5, 5.41) is 0. The van der Waals surface area contributed by atoms with Crippen molar-refractivity contribution in [1.29, 1.82) is 0 Å². The summed E-state index contributed by atoms with van der Waals surface area (Å²) in [6.07, 6.45) is 2.85. The number of ether oxygens (including phenoxy) is 1. The third-order valence-corrected chi connectivity index (χ3v) is 5.16. The summed E-state index contributed by atoms with van der Waals surface area (Å²) in [4.78, 5) is 7.01. The van der Waals surface area contributed by atoms with E-state index in [9.17, 15) is 0 Å². The summed E-state index contributed by atoms with van der Waals surface area (Å²) in [5.41, 5.74) is 1.47. The predicted octanol–water partition coefficient (Wildman–Crippen LogP) is 1.26. The first kappa shape index (κ1) is 16.9. The molecule has 23 heavy (non-hydrogen) atoms. The first-order chi connectivity index (χ1) is 10.9. The monoisotopic (exact) mass is 318 g/mol. The van der Waals surface area contributed by atoms with E-state index < -0.39 is 0 Å². The van der Waals surface area contributed by atoms with Crippen LogP contribution in [0.2, 0.25) is 0 Å². The van der Waals surface area contributed by atoms with Crippen LogP contribution in [0.4, 0.5) is 0 Å². The molecule has 0 N–H and O–H groups in total. The van der Waals surface area contributed by atoms with E-state index in [0.717, 1.165) is 50.4 Å². The molecule has 0 saturated carbocycles. The molecule has 0 spiro atoms. The smallest absolute Gasteiger partial charge is 0.399 e. The molecule has 126 valence electrons. The van der Waals surface area contributed by atoms with Gasteiger partial charge in [0.2, 0.25) is 0 Å². The van der Waals surface area contributed by atoms with Gasteiger partial charge in [0.25, 0.3) is 0 Å². The maximum atomic E-state index is 6.06. The van der Waals surface area contributed by atoms with Gasteiger partial charge in [-0.15, -0.1) is 0 Å². The number of nitrogens with zero attached hydrogens (tertiary/aromatic N) is 2. The number of hydrogen-bond acceptors (Lipinski definition) is 5. The molecule has 2 saturated heterocycles. The first-order valence-corrected chi connectivity index (χ1v) is 8.48.